The van der Waals surface area contributed by atoms with Crippen LogP contribution >= 0.6 is 0 Å². The first kappa shape index (κ1) is 28.8. The molecule has 44 heavy (non-hydrogen) atoms. The van der Waals surface area contributed by atoms with Gasteiger partial charge in [-0.2, -0.15) is 13.2 Å². The zero-order chi connectivity index (χ0) is 31.4. The van der Waals surface area contributed by atoms with E-state index >= 15 is 0 Å². The number of imide groups is 1. The van der Waals surface area contributed by atoms with Gasteiger partial charge in [-0.05, 0) is 74.0 Å². The third-order valence-corrected chi connectivity index (χ3v) is 7.64. The maximum atomic E-state index is 14.9. The summed E-state index contributed by atoms with van der Waals surface area (Å²) < 4.78 is 69.3. The van der Waals surface area contributed by atoms with Crippen LogP contribution in [0.3, 0.4) is 0 Å². The van der Waals surface area contributed by atoms with Gasteiger partial charge in [0.25, 0.3) is 5.91 Å². The van der Waals surface area contributed by atoms with Crippen molar-refractivity contribution < 1.29 is 31.5 Å². The average Bonchev–Trinajstić information content (AvgIpc) is 3.53. The average molecular weight is 606 g/mol. The van der Waals surface area contributed by atoms with Crippen molar-refractivity contribution in [3.8, 4) is 0 Å². The minimum atomic E-state index is -5.04. The Kier molecular flexibility index (Phi) is 6.87. The number of amides is 3. The first-order valence-corrected chi connectivity index (χ1v) is 13.5. The molecule has 1 aromatic heterocycles. The minimum Gasteiger partial charge on any atom is -0.345 e. The lowest BCUT2D eigenvalue weighted by Crippen LogP contribution is -2.43. The number of nitrogens with one attached hydrogen (secondary N) is 1. The van der Waals surface area contributed by atoms with Crippen LogP contribution in [-0.2, 0) is 17.5 Å². The first-order chi connectivity index (χ1) is 20.9. The molecule has 0 spiro atoms. The molecular formula is C32H24F5N5O2. The fourth-order valence-corrected chi connectivity index (χ4v) is 5.36. The number of hydrogen-bond acceptors (Lipinski definition) is 4. The van der Waals surface area contributed by atoms with Gasteiger partial charge in [-0.15, -0.1) is 0 Å². The van der Waals surface area contributed by atoms with Crippen LogP contribution in [0, 0.1) is 11.6 Å². The summed E-state index contributed by atoms with van der Waals surface area (Å²) in [4.78, 5) is 38.4. The van der Waals surface area contributed by atoms with Crippen molar-refractivity contribution in [2.45, 2.75) is 32.1 Å². The number of rotatable bonds is 6. The van der Waals surface area contributed by atoms with Crippen molar-refractivity contribution in [2.75, 3.05) is 9.80 Å². The van der Waals surface area contributed by atoms with Crippen LogP contribution < -0.4 is 9.80 Å². The standard InChI is InChI=1S/C32H24F5N5O2/c1-31(2)29(43)42(22-13-14-24(34)23(16-22)32(35,36)37)30(44)40(31)17-19-11-12-20(33)15-27(19)41(21-7-4-3-5-8-21)26-10-6-9-25-28(26)39-18-38-25/h3-16,18H,17H2,1-2H3,(H,38,39). The summed E-state index contributed by atoms with van der Waals surface area (Å²) in [6.07, 6.45) is -3.50. The Morgan fingerprint density at radius 2 is 1.64 bits per heavy atom. The molecule has 1 saturated heterocycles. The lowest BCUT2D eigenvalue weighted by molar-refractivity contribution is -0.140. The number of imidazole rings is 1. The van der Waals surface area contributed by atoms with E-state index in [1.807, 2.05) is 48.5 Å². The summed E-state index contributed by atoms with van der Waals surface area (Å²) in [6, 6.07) is 19.6. The SMILES string of the molecule is CC1(C)C(=O)N(c2ccc(F)c(C(F)(F)F)c2)C(=O)N1Cc1ccc(F)cc1N(c1ccccc1)c1cccc2[nH]cnc12. The molecule has 1 aliphatic rings. The fourth-order valence-electron chi connectivity index (χ4n) is 5.36. The number of para-hydroxylation sites is 2. The van der Waals surface area contributed by atoms with Crippen LogP contribution in [-0.4, -0.2) is 32.3 Å². The highest BCUT2D eigenvalue weighted by Crippen LogP contribution is 2.42. The van der Waals surface area contributed by atoms with E-state index in [0.29, 0.717) is 45.2 Å². The van der Waals surface area contributed by atoms with Gasteiger partial charge in [-0.3, -0.25) is 4.79 Å². The van der Waals surface area contributed by atoms with Crippen molar-refractivity contribution in [1.82, 2.24) is 14.9 Å². The predicted octanol–water partition coefficient (Wildman–Crippen LogP) is 8.08. The normalized spacial score (nSPS) is 15.0. The van der Waals surface area contributed by atoms with Crippen LogP contribution in [0.4, 0.5) is 49.5 Å². The highest BCUT2D eigenvalue weighted by molar-refractivity contribution is 6.23. The molecule has 6 rings (SSSR count). The zero-order valence-corrected chi connectivity index (χ0v) is 23.4. The Bertz CT molecular complexity index is 1900. The van der Waals surface area contributed by atoms with Crippen LogP contribution in [0.15, 0.2) is 91.3 Å². The molecule has 1 N–H and O–H groups in total. The first-order valence-electron chi connectivity index (χ1n) is 13.5. The van der Waals surface area contributed by atoms with Gasteiger partial charge in [0, 0.05) is 5.69 Å². The summed E-state index contributed by atoms with van der Waals surface area (Å²) in [5, 5.41) is 0. The molecule has 0 radical (unpaired) electrons. The third kappa shape index (κ3) is 4.81. The van der Waals surface area contributed by atoms with Crippen molar-refractivity contribution in [3.05, 3.63) is 114 Å². The number of H-pyrrole nitrogens is 1. The number of alkyl halides is 3. The van der Waals surface area contributed by atoms with E-state index < -0.39 is 46.5 Å². The summed E-state index contributed by atoms with van der Waals surface area (Å²) in [7, 11) is 0. The van der Waals surface area contributed by atoms with Gasteiger partial charge in [0.2, 0.25) is 0 Å². The fraction of sp³-hybridized carbons (Fsp3) is 0.156. The molecular weight excluding hydrogens is 581 g/mol. The zero-order valence-electron chi connectivity index (χ0n) is 23.4. The number of aromatic amines is 1. The van der Waals surface area contributed by atoms with E-state index in [4.69, 9.17) is 0 Å². The van der Waals surface area contributed by atoms with E-state index in [0.717, 1.165) is 11.6 Å². The monoisotopic (exact) mass is 605 g/mol. The molecule has 1 aliphatic heterocycles. The number of halogens is 5. The Balaban J connectivity index is 1.45. The van der Waals surface area contributed by atoms with Gasteiger partial charge >= 0.3 is 12.2 Å². The number of anilines is 4. The van der Waals surface area contributed by atoms with Crippen LogP contribution in [0.1, 0.15) is 25.0 Å². The van der Waals surface area contributed by atoms with E-state index in [9.17, 15) is 31.5 Å². The van der Waals surface area contributed by atoms with E-state index in [-0.39, 0.29) is 6.54 Å². The van der Waals surface area contributed by atoms with Crippen LogP contribution in [0.25, 0.3) is 11.0 Å². The maximum absolute atomic E-state index is 14.9. The highest BCUT2D eigenvalue weighted by Gasteiger charge is 2.52. The quantitative estimate of drug-likeness (QED) is 0.157. The van der Waals surface area contributed by atoms with Gasteiger partial charge in [0.05, 0.1) is 41.0 Å². The number of fused-ring (bicyclic) bond motifs is 1. The summed E-state index contributed by atoms with van der Waals surface area (Å²) >= 11 is 0. The maximum Gasteiger partial charge on any atom is 0.419 e. The molecule has 4 aromatic carbocycles. The molecule has 224 valence electrons. The Morgan fingerprint density at radius 3 is 2.36 bits per heavy atom. The van der Waals surface area contributed by atoms with Gasteiger partial charge in [0.15, 0.2) is 0 Å². The van der Waals surface area contributed by atoms with E-state index in [1.165, 1.54) is 43.3 Å². The molecule has 5 aromatic rings. The van der Waals surface area contributed by atoms with Crippen molar-refractivity contribution in [1.29, 1.82) is 0 Å². The second-order valence-corrected chi connectivity index (χ2v) is 10.8. The van der Waals surface area contributed by atoms with Crippen LogP contribution in [0.2, 0.25) is 0 Å². The van der Waals surface area contributed by atoms with Gasteiger partial charge in [-0.1, -0.05) is 30.3 Å². The molecule has 7 nitrogen and oxygen atoms in total. The number of urea groups is 1. The lowest BCUT2D eigenvalue weighted by Gasteiger charge is -2.32. The van der Waals surface area contributed by atoms with Gasteiger partial charge < -0.3 is 14.8 Å². The van der Waals surface area contributed by atoms with Gasteiger partial charge in [0.1, 0.15) is 22.7 Å². The second-order valence-electron chi connectivity index (χ2n) is 10.8. The number of benzene rings is 4. The molecule has 0 atom stereocenters. The topological polar surface area (TPSA) is 72.5 Å². The van der Waals surface area contributed by atoms with Crippen molar-refractivity contribution >= 4 is 45.7 Å². The molecule has 0 aliphatic carbocycles. The summed E-state index contributed by atoms with van der Waals surface area (Å²) in [5.41, 5.74) is -0.147. The van der Waals surface area contributed by atoms with Crippen LogP contribution in [0.5, 0.6) is 0 Å². The number of aromatic nitrogens is 2. The molecule has 3 amide bonds. The molecule has 1 fully saturated rings. The lowest BCUT2D eigenvalue weighted by atomic mass is 10.0. The minimum absolute atomic E-state index is 0.211. The molecule has 0 bridgehead atoms. The smallest absolute Gasteiger partial charge is 0.345 e. The van der Waals surface area contributed by atoms with Crippen molar-refractivity contribution in [3.63, 3.8) is 0 Å². The predicted molar refractivity (Wildman–Crippen MR) is 155 cm³/mol. The third-order valence-electron chi connectivity index (χ3n) is 7.64. The molecule has 0 unspecified atom stereocenters. The van der Waals surface area contributed by atoms with E-state index in [2.05, 4.69) is 9.97 Å². The van der Waals surface area contributed by atoms with Crippen molar-refractivity contribution in [2.24, 2.45) is 0 Å². The largest absolute Gasteiger partial charge is 0.419 e. The number of carbonyl (C=O) groups is 2. The number of nitrogens with zero attached hydrogens (tertiary/aromatic N) is 4. The van der Waals surface area contributed by atoms with Gasteiger partial charge in [-0.25, -0.2) is 23.5 Å². The second kappa shape index (κ2) is 10.5. The summed E-state index contributed by atoms with van der Waals surface area (Å²) in [5.74, 6) is -2.89. The Labute approximate surface area is 248 Å². The summed E-state index contributed by atoms with van der Waals surface area (Å²) in [6.45, 7) is 2.71. The Morgan fingerprint density at radius 1 is 0.886 bits per heavy atom. The highest BCUT2D eigenvalue weighted by atomic mass is 19.4. The molecule has 0 saturated carbocycles. The number of carbonyl (C=O) groups excluding carboxylic acids is 2. The Hall–Kier alpha value is -5.26. The molecule has 12 heteroatoms. The number of hydrogen-bond donors (Lipinski definition) is 1. The van der Waals surface area contributed by atoms with E-state index in [1.54, 1.807) is 4.90 Å². The molecule has 2 heterocycles.